The molecule has 1 fully saturated rings. The molecule has 1 saturated heterocycles. The SMILES string of the molecule is O=C1C/C(=N/Nc2nc(Br)cs2)C(c2ccccc2)N1c1ccccc1. The summed E-state index contributed by atoms with van der Waals surface area (Å²) in [5.74, 6) is 0.0333. The maximum Gasteiger partial charge on any atom is 0.233 e. The van der Waals surface area contributed by atoms with Gasteiger partial charge >= 0.3 is 0 Å². The number of carbonyl (C=O) groups is 1. The van der Waals surface area contributed by atoms with Crippen molar-refractivity contribution in [2.24, 2.45) is 5.10 Å². The van der Waals surface area contributed by atoms with Crippen LogP contribution in [0.3, 0.4) is 0 Å². The second-order valence-electron chi connectivity index (χ2n) is 5.78. The summed E-state index contributed by atoms with van der Waals surface area (Å²) in [5, 5.41) is 7.09. The van der Waals surface area contributed by atoms with Crippen LogP contribution in [0.2, 0.25) is 0 Å². The fraction of sp³-hybridized carbons (Fsp3) is 0.105. The third-order valence-corrected chi connectivity index (χ3v) is 5.55. The zero-order valence-electron chi connectivity index (χ0n) is 13.7. The van der Waals surface area contributed by atoms with E-state index >= 15 is 0 Å². The molecule has 26 heavy (non-hydrogen) atoms. The Morgan fingerprint density at radius 3 is 2.46 bits per heavy atom. The van der Waals surface area contributed by atoms with E-state index in [0.717, 1.165) is 21.6 Å². The lowest BCUT2D eigenvalue weighted by atomic mass is 10.0. The zero-order valence-corrected chi connectivity index (χ0v) is 16.1. The van der Waals surface area contributed by atoms with E-state index in [-0.39, 0.29) is 18.4 Å². The Balaban J connectivity index is 1.72. The molecule has 1 amide bonds. The molecule has 3 aromatic rings. The van der Waals surface area contributed by atoms with E-state index in [1.165, 1.54) is 11.3 Å². The van der Waals surface area contributed by atoms with E-state index in [0.29, 0.717) is 5.13 Å². The Morgan fingerprint density at radius 2 is 1.81 bits per heavy atom. The van der Waals surface area contributed by atoms with Crippen LogP contribution in [0.1, 0.15) is 18.0 Å². The van der Waals surface area contributed by atoms with Gasteiger partial charge in [-0.05, 0) is 33.6 Å². The van der Waals surface area contributed by atoms with Crippen molar-refractivity contribution in [1.82, 2.24) is 4.98 Å². The number of amides is 1. The molecule has 1 atom stereocenters. The van der Waals surface area contributed by atoms with Gasteiger partial charge in [0.1, 0.15) is 10.6 Å². The van der Waals surface area contributed by atoms with Gasteiger partial charge in [-0.2, -0.15) is 5.10 Å². The molecule has 130 valence electrons. The molecule has 7 heteroatoms. The fourth-order valence-electron chi connectivity index (χ4n) is 3.01. The van der Waals surface area contributed by atoms with E-state index in [1.54, 1.807) is 0 Å². The summed E-state index contributed by atoms with van der Waals surface area (Å²) in [5.41, 5.74) is 5.66. The van der Waals surface area contributed by atoms with Crippen molar-refractivity contribution >= 4 is 49.7 Å². The molecule has 0 bridgehead atoms. The second kappa shape index (κ2) is 7.39. The van der Waals surface area contributed by atoms with Gasteiger partial charge in [0.05, 0.1) is 12.1 Å². The molecule has 2 aromatic carbocycles. The van der Waals surface area contributed by atoms with Crippen LogP contribution in [-0.4, -0.2) is 16.6 Å². The third-order valence-electron chi connectivity index (χ3n) is 4.10. The van der Waals surface area contributed by atoms with E-state index in [2.05, 4.69) is 31.4 Å². The number of hydrogen-bond donors (Lipinski definition) is 1. The first-order valence-electron chi connectivity index (χ1n) is 8.08. The number of benzene rings is 2. The molecule has 1 aromatic heterocycles. The number of aromatic nitrogens is 1. The molecule has 1 aliphatic rings. The van der Waals surface area contributed by atoms with Gasteiger partial charge in [-0.1, -0.05) is 48.5 Å². The van der Waals surface area contributed by atoms with Crippen LogP contribution >= 0.6 is 27.3 Å². The number of rotatable bonds is 4. The molecule has 0 aliphatic carbocycles. The number of para-hydroxylation sites is 1. The maximum atomic E-state index is 12.8. The van der Waals surface area contributed by atoms with Crippen LogP contribution in [0, 0.1) is 0 Å². The molecule has 0 radical (unpaired) electrons. The van der Waals surface area contributed by atoms with Gasteiger partial charge in [-0.25, -0.2) is 4.98 Å². The Labute approximate surface area is 163 Å². The highest BCUT2D eigenvalue weighted by Gasteiger charge is 2.38. The number of thiazole rings is 1. The lowest BCUT2D eigenvalue weighted by Gasteiger charge is -2.25. The Kier molecular flexibility index (Phi) is 4.81. The normalized spacial score (nSPS) is 18.5. The van der Waals surface area contributed by atoms with E-state index in [4.69, 9.17) is 0 Å². The first-order valence-corrected chi connectivity index (χ1v) is 9.75. The Bertz CT molecular complexity index is 942. The summed E-state index contributed by atoms with van der Waals surface area (Å²) in [6, 6.07) is 19.4. The number of nitrogens with zero attached hydrogens (tertiary/aromatic N) is 3. The predicted octanol–water partition coefficient (Wildman–Crippen LogP) is 4.85. The summed E-state index contributed by atoms with van der Waals surface area (Å²) in [6.07, 6.45) is 0.272. The minimum atomic E-state index is -0.234. The van der Waals surface area contributed by atoms with Crippen molar-refractivity contribution in [3.63, 3.8) is 0 Å². The van der Waals surface area contributed by atoms with Gasteiger partial charge in [-0.15, -0.1) is 11.3 Å². The predicted molar refractivity (Wildman–Crippen MR) is 109 cm³/mol. The van der Waals surface area contributed by atoms with Crippen LogP contribution in [0.25, 0.3) is 0 Å². The van der Waals surface area contributed by atoms with Crippen LogP contribution < -0.4 is 10.3 Å². The van der Waals surface area contributed by atoms with Crippen LogP contribution in [0.4, 0.5) is 10.8 Å². The quantitative estimate of drug-likeness (QED) is 0.606. The highest BCUT2D eigenvalue weighted by Crippen LogP contribution is 2.35. The van der Waals surface area contributed by atoms with Crippen molar-refractivity contribution < 1.29 is 4.79 Å². The molecule has 1 aliphatic heterocycles. The minimum Gasteiger partial charge on any atom is -0.299 e. The number of hydrazone groups is 1. The van der Waals surface area contributed by atoms with Crippen molar-refractivity contribution in [1.29, 1.82) is 0 Å². The van der Waals surface area contributed by atoms with Gasteiger partial charge < -0.3 is 0 Å². The number of carbonyl (C=O) groups excluding carboxylic acids is 1. The Morgan fingerprint density at radius 1 is 1.12 bits per heavy atom. The molecule has 5 nitrogen and oxygen atoms in total. The van der Waals surface area contributed by atoms with Gasteiger partial charge in [0.2, 0.25) is 11.0 Å². The topological polar surface area (TPSA) is 57.6 Å². The van der Waals surface area contributed by atoms with E-state index < -0.39 is 0 Å². The van der Waals surface area contributed by atoms with Crippen LogP contribution in [0.5, 0.6) is 0 Å². The van der Waals surface area contributed by atoms with E-state index in [1.807, 2.05) is 70.9 Å². The first-order chi connectivity index (χ1) is 12.7. The summed E-state index contributed by atoms with van der Waals surface area (Å²) in [4.78, 5) is 18.9. The van der Waals surface area contributed by atoms with Crippen LogP contribution in [0.15, 0.2) is 75.7 Å². The van der Waals surface area contributed by atoms with Crippen molar-refractivity contribution in [3.05, 3.63) is 76.2 Å². The van der Waals surface area contributed by atoms with Gasteiger partial charge in [0, 0.05) is 11.1 Å². The third kappa shape index (κ3) is 3.40. The van der Waals surface area contributed by atoms with E-state index in [9.17, 15) is 4.79 Å². The molecular formula is C19H15BrN4OS. The maximum absolute atomic E-state index is 12.8. The summed E-state index contributed by atoms with van der Waals surface area (Å²) in [7, 11) is 0. The average molecular weight is 427 g/mol. The zero-order chi connectivity index (χ0) is 17.9. The van der Waals surface area contributed by atoms with Crippen molar-refractivity contribution in [3.8, 4) is 0 Å². The van der Waals surface area contributed by atoms with Gasteiger partial charge in [-0.3, -0.25) is 15.1 Å². The number of nitrogens with one attached hydrogen (secondary N) is 1. The lowest BCUT2D eigenvalue weighted by Crippen LogP contribution is -2.28. The molecule has 1 unspecified atom stereocenters. The van der Waals surface area contributed by atoms with Crippen LogP contribution in [-0.2, 0) is 4.79 Å². The summed E-state index contributed by atoms with van der Waals surface area (Å²) < 4.78 is 0.762. The number of anilines is 2. The highest BCUT2D eigenvalue weighted by molar-refractivity contribution is 9.10. The molecule has 4 rings (SSSR count). The number of halogens is 1. The first kappa shape index (κ1) is 16.9. The van der Waals surface area contributed by atoms with Gasteiger partial charge in [0.25, 0.3) is 0 Å². The Hall–Kier alpha value is -2.51. The second-order valence-corrected chi connectivity index (χ2v) is 7.45. The van der Waals surface area contributed by atoms with Crippen molar-refractivity contribution in [2.45, 2.75) is 12.5 Å². The molecule has 1 N–H and O–H groups in total. The minimum absolute atomic E-state index is 0.0333. The fourth-order valence-corrected chi connectivity index (χ4v) is 4.10. The van der Waals surface area contributed by atoms with Gasteiger partial charge in [0.15, 0.2) is 0 Å². The largest absolute Gasteiger partial charge is 0.299 e. The van der Waals surface area contributed by atoms with Crippen molar-refractivity contribution in [2.75, 3.05) is 10.3 Å². The molecule has 0 spiro atoms. The summed E-state index contributed by atoms with van der Waals surface area (Å²) in [6.45, 7) is 0. The smallest absolute Gasteiger partial charge is 0.233 e. The molecule has 2 heterocycles. The lowest BCUT2D eigenvalue weighted by molar-refractivity contribution is -0.116. The average Bonchev–Trinajstić information content (AvgIpc) is 3.24. The number of hydrogen-bond acceptors (Lipinski definition) is 5. The standard InChI is InChI=1S/C19H15BrN4OS/c20-16-12-26-19(21-16)23-22-15-11-17(25)24(14-9-5-2-6-10-14)18(15)13-7-3-1-4-8-13/h1-10,12,18H,11H2,(H,21,23)/b22-15-. The monoisotopic (exact) mass is 426 g/mol. The summed E-state index contributed by atoms with van der Waals surface area (Å²) >= 11 is 4.79. The highest BCUT2D eigenvalue weighted by atomic mass is 79.9. The molecule has 0 saturated carbocycles. The molecular weight excluding hydrogens is 412 g/mol.